The molecule has 0 radical (unpaired) electrons. The number of hydrogen-bond acceptors (Lipinski definition) is 4. The van der Waals surface area contributed by atoms with Gasteiger partial charge >= 0.3 is 6.09 Å². The van der Waals surface area contributed by atoms with Crippen LogP contribution in [0.4, 0.5) is 4.79 Å². The highest BCUT2D eigenvalue weighted by atomic mass is 16.6. The second kappa shape index (κ2) is 6.43. The highest BCUT2D eigenvalue weighted by Crippen LogP contribution is 2.17. The summed E-state index contributed by atoms with van der Waals surface area (Å²) in [5, 5.41) is 0. The van der Waals surface area contributed by atoms with Crippen LogP contribution in [0.25, 0.3) is 0 Å². The maximum Gasteiger partial charge on any atom is 0.410 e. The third-order valence-corrected chi connectivity index (χ3v) is 3.50. The zero-order chi connectivity index (χ0) is 15.5. The molecule has 1 aromatic heterocycles. The second-order valence-electron chi connectivity index (χ2n) is 6.61. The van der Waals surface area contributed by atoms with Crippen molar-refractivity contribution < 1.29 is 9.53 Å². The lowest BCUT2D eigenvalue weighted by Crippen LogP contribution is -2.54. The number of pyridine rings is 1. The average molecular weight is 291 g/mol. The summed E-state index contributed by atoms with van der Waals surface area (Å²) in [6.07, 6.45) is 3.42. The highest BCUT2D eigenvalue weighted by molar-refractivity contribution is 5.68. The van der Waals surface area contributed by atoms with Crippen molar-refractivity contribution in [2.24, 2.45) is 0 Å². The Hall–Kier alpha value is -1.62. The van der Waals surface area contributed by atoms with E-state index in [-0.39, 0.29) is 12.1 Å². The summed E-state index contributed by atoms with van der Waals surface area (Å²) in [7, 11) is 0. The van der Waals surface area contributed by atoms with E-state index in [1.165, 1.54) is 5.56 Å². The quantitative estimate of drug-likeness (QED) is 0.840. The highest BCUT2D eigenvalue weighted by Gasteiger charge is 2.30. The third kappa shape index (κ3) is 4.70. The minimum absolute atomic E-state index is 0.162. The summed E-state index contributed by atoms with van der Waals surface area (Å²) in [4.78, 5) is 20.4. The van der Waals surface area contributed by atoms with Crippen LogP contribution in [-0.4, -0.2) is 52.2 Å². The number of carbonyl (C=O) groups is 1. The fourth-order valence-electron chi connectivity index (χ4n) is 2.51. The van der Waals surface area contributed by atoms with Crippen molar-refractivity contribution in [1.82, 2.24) is 14.8 Å². The Kier molecular flexibility index (Phi) is 4.83. The lowest BCUT2D eigenvalue weighted by molar-refractivity contribution is 0.000562. The summed E-state index contributed by atoms with van der Waals surface area (Å²) in [5.74, 6) is 0. The summed E-state index contributed by atoms with van der Waals surface area (Å²) < 4.78 is 5.46. The molecule has 2 heterocycles. The first-order valence-electron chi connectivity index (χ1n) is 7.46. The Morgan fingerprint density at radius 3 is 2.57 bits per heavy atom. The molecule has 5 heteroatoms. The predicted molar refractivity (Wildman–Crippen MR) is 81.9 cm³/mol. The Morgan fingerprint density at radius 2 is 2.00 bits per heavy atom. The van der Waals surface area contributed by atoms with Gasteiger partial charge in [-0.25, -0.2) is 4.79 Å². The third-order valence-electron chi connectivity index (χ3n) is 3.50. The summed E-state index contributed by atoms with van der Waals surface area (Å²) >= 11 is 0. The number of ether oxygens (including phenoxy) is 1. The van der Waals surface area contributed by atoms with Crippen molar-refractivity contribution in [2.75, 3.05) is 19.6 Å². The standard InChI is InChI=1S/C16H25N3O2/c1-13-11-18(12-14-5-7-17-8-6-14)9-10-19(13)15(20)21-16(2,3)4/h5-8,13H,9-12H2,1-4H3. The number of amides is 1. The fourth-order valence-corrected chi connectivity index (χ4v) is 2.51. The van der Waals surface area contributed by atoms with E-state index < -0.39 is 5.60 Å². The molecule has 1 unspecified atom stereocenters. The molecule has 0 saturated carbocycles. The molecule has 1 atom stereocenters. The Labute approximate surface area is 126 Å². The minimum Gasteiger partial charge on any atom is -0.444 e. The lowest BCUT2D eigenvalue weighted by Gasteiger charge is -2.40. The van der Waals surface area contributed by atoms with E-state index in [1.807, 2.05) is 50.2 Å². The van der Waals surface area contributed by atoms with Gasteiger partial charge in [-0.2, -0.15) is 0 Å². The summed E-state index contributed by atoms with van der Waals surface area (Å²) in [6.45, 7) is 11.1. The molecule has 0 aromatic carbocycles. The largest absolute Gasteiger partial charge is 0.444 e. The Morgan fingerprint density at radius 1 is 1.33 bits per heavy atom. The van der Waals surface area contributed by atoms with E-state index in [1.54, 1.807) is 0 Å². The number of piperazine rings is 1. The first-order chi connectivity index (χ1) is 9.85. The summed E-state index contributed by atoms with van der Waals surface area (Å²) in [5.41, 5.74) is 0.813. The zero-order valence-corrected chi connectivity index (χ0v) is 13.4. The fraction of sp³-hybridized carbons (Fsp3) is 0.625. The van der Waals surface area contributed by atoms with Crippen molar-refractivity contribution in [2.45, 2.75) is 45.9 Å². The van der Waals surface area contributed by atoms with Crippen LogP contribution in [0.3, 0.4) is 0 Å². The molecule has 1 aliphatic rings. The maximum absolute atomic E-state index is 12.2. The predicted octanol–water partition coefficient (Wildman–Crippen LogP) is 2.52. The first kappa shape index (κ1) is 15.8. The normalized spacial score (nSPS) is 20.4. The van der Waals surface area contributed by atoms with Gasteiger partial charge in [0.1, 0.15) is 5.60 Å². The van der Waals surface area contributed by atoms with Crippen molar-refractivity contribution in [3.05, 3.63) is 30.1 Å². The van der Waals surface area contributed by atoms with Gasteiger partial charge < -0.3 is 9.64 Å². The van der Waals surface area contributed by atoms with Crippen LogP contribution in [0.2, 0.25) is 0 Å². The van der Waals surface area contributed by atoms with Gasteiger partial charge in [-0.15, -0.1) is 0 Å². The monoisotopic (exact) mass is 291 g/mol. The van der Waals surface area contributed by atoms with Crippen LogP contribution in [0.5, 0.6) is 0 Å². The molecule has 5 nitrogen and oxygen atoms in total. The van der Waals surface area contributed by atoms with Crippen LogP contribution in [0.15, 0.2) is 24.5 Å². The topological polar surface area (TPSA) is 45.7 Å². The van der Waals surface area contributed by atoms with Gasteiger partial charge in [0.05, 0.1) is 0 Å². The number of carbonyl (C=O) groups excluding carboxylic acids is 1. The number of rotatable bonds is 2. The van der Waals surface area contributed by atoms with Crippen LogP contribution in [0.1, 0.15) is 33.3 Å². The van der Waals surface area contributed by atoms with E-state index in [0.29, 0.717) is 6.54 Å². The van der Waals surface area contributed by atoms with Gasteiger partial charge in [-0.05, 0) is 45.4 Å². The van der Waals surface area contributed by atoms with Crippen LogP contribution < -0.4 is 0 Å². The molecule has 0 N–H and O–H groups in total. The van der Waals surface area contributed by atoms with Gasteiger partial charge in [-0.1, -0.05) is 0 Å². The molecule has 0 aliphatic carbocycles. The Bertz CT molecular complexity index is 470. The number of hydrogen-bond donors (Lipinski definition) is 0. The molecule has 2 rings (SSSR count). The second-order valence-corrected chi connectivity index (χ2v) is 6.61. The minimum atomic E-state index is -0.440. The molecule has 0 spiro atoms. The van der Waals surface area contributed by atoms with Crippen LogP contribution in [0, 0.1) is 0 Å². The SMILES string of the molecule is CC1CN(Cc2ccncc2)CCN1C(=O)OC(C)(C)C. The van der Waals surface area contributed by atoms with Gasteiger partial charge in [0.25, 0.3) is 0 Å². The van der Waals surface area contributed by atoms with Crippen molar-refractivity contribution in [3.63, 3.8) is 0 Å². The summed E-state index contributed by atoms with van der Waals surface area (Å²) in [6, 6.07) is 4.23. The van der Waals surface area contributed by atoms with Crippen molar-refractivity contribution in [1.29, 1.82) is 0 Å². The van der Waals surface area contributed by atoms with Crippen molar-refractivity contribution in [3.8, 4) is 0 Å². The molecule has 1 saturated heterocycles. The van der Waals surface area contributed by atoms with E-state index >= 15 is 0 Å². The van der Waals surface area contributed by atoms with Gasteiger partial charge in [0.2, 0.25) is 0 Å². The number of nitrogens with zero attached hydrogens (tertiary/aromatic N) is 3. The zero-order valence-electron chi connectivity index (χ0n) is 13.4. The molecule has 116 valence electrons. The van der Waals surface area contributed by atoms with E-state index in [9.17, 15) is 4.79 Å². The van der Waals surface area contributed by atoms with E-state index in [0.717, 1.165) is 19.6 Å². The molecule has 0 bridgehead atoms. The van der Waals surface area contributed by atoms with Gasteiger partial charge in [-0.3, -0.25) is 9.88 Å². The maximum atomic E-state index is 12.2. The molecule has 21 heavy (non-hydrogen) atoms. The molecule has 1 aromatic rings. The van der Waals surface area contributed by atoms with Gasteiger partial charge in [0, 0.05) is 44.6 Å². The molecular weight excluding hydrogens is 266 g/mol. The lowest BCUT2D eigenvalue weighted by atomic mass is 10.1. The van der Waals surface area contributed by atoms with Crippen LogP contribution in [-0.2, 0) is 11.3 Å². The van der Waals surface area contributed by atoms with E-state index in [2.05, 4.69) is 16.8 Å². The van der Waals surface area contributed by atoms with Crippen molar-refractivity contribution >= 4 is 6.09 Å². The molecule has 1 amide bonds. The molecular formula is C16H25N3O2. The molecule has 1 fully saturated rings. The van der Waals surface area contributed by atoms with Gasteiger partial charge in [0.15, 0.2) is 0 Å². The Balaban J connectivity index is 1.89. The first-order valence-corrected chi connectivity index (χ1v) is 7.46. The molecule has 1 aliphatic heterocycles. The number of aromatic nitrogens is 1. The smallest absolute Gasteiger partial charge is 0.410 e. The average Bonchev–Trinajstić information content (AvgIpc) is 2.37. The van der Waals surface area contributed by atoms with E-state index in [4.69, 9.17) is 4.74 Å². The van der Waals surface area contributed by atoms with Crippen LogP contribution >= 0.6 is 0 Å².